The molecule has 1 aromatic carbocycles. The number of aromatic nitrogens is 1. The van der Waals surface area contributed by atoms with Gasteiger partial charge >= 0.3 is 0 Å². The Hall–Kier alpha value is -3.09. The van der Waals surface area contributed by atoms with Gasteiger partial charge in [-0.1, -0.05) is 6.07 Å². The van der Waals surface area contributed by atoms with E-state index in [2.05, 4.69) is 11.1 Å². The number of fused-ring (bicyclic) bond motifs is 1. The summed E-state index contributed by atoms with van der Waals surface area (Å²) in [5.41, 5.74) is 15.1. The Morgan fingerprint density at radius 3 is 2.48 bits per heavy atom. The van der Waals surface area contributed by atoms with E-state index in [4.69, 9.17) is 16.2 Å². The molecule has 0 bridgehead atoms. The van der Waals surface area contributed by atoms with Crippen LogP contribution in [0.25, 0.3) is 0 Å². The van der Waals surface area contributed by atoms with Crippen LogP contribution in [0.15, 0.2) is 24.3 Å². The fourth-order valence-electron chi connectivity index (χ4n) is 3.39. The van der Waals surface area contributed by atoms with Crippen LogP contribution < -0.4 is 16.2 Å². The van der Waals surface area contributed by atoms with Gasteiger partial charge < -0.3 is 21.1 Å². The van der Waals surface area contributed by atoms with Crippen molar-refractivity contribution in [3.05, 3.63) is 52.2 Å². The van der Waals surface area contributed by atoms with Gasteiger partial charge in [-0.25, -0.2) is 4.98 Å². The first-order chi connectivity index (χ1) is 12.7. The average molecular weight is 368 g/mol. The van der Waals surface area contributed by atoms with Crippen molar-refractivity contribution < 1.29 is 14.3 Å². The van der Waals surface area contributed by atoms with Crippen molar-refractivity contribution in [3.63, 3.8) is 0 Å². The van der Waals surface area contributed by atoms with Crippen molar-refractivity contribution in [2.45, 2.75) is 39.8 Å². The minimum atomic E-state index is -0.627. The van der Waals surface area contributed by atoms with Crippen LogP contribution in [-0.2, 0) is 17.8 Å². The second kappa shape index (κ2) is 7.26. The van der Waals surface area contributed by atoms with Gasteiger partial charge in [-0.05, 0) is 55.7 Å². The molecular weight excluding hydrogens is 344 g/mol. The summed E-state index contributed by atoms with van der Waals surface area (Å²) in [4.78, 5) is 30.3. The molecule has 1 aromatic heterocycles. The van der Waals surface area contributed by atoms with E-state index in [1.165, 1.54) is 0 Å². The maximum atomic E-state index is 12.8. The van der Waals surface area contributed by atoms with Crippen molar-refractivity contribution in [1.29, 1.82) is 0 Å². The molecule has 1 unspecified atom stereocenters. The summed E-state index contributed by atoms with van der Waals surface area (Å²) in [6, 6.07) is 7.51. The van der Waals surface area contributed by atoms with Crippen LogP contribution in [0.4, 0.5) is 5.82 Å². The van der Waals surface area contributed by atoms with Crippen LogP contribution in [0.2, 0.25) is 0 Å². The fraction of sp³-hybridized carbons (Fsp3) is 0.350. The maximum Gasteiger partial charge on any atom is 0.263 e. The monoisotopic (exact) mass is 368 g/mol. The van der Waals surface area contributed by atoms with Gasteiger partial charge in [0.05, 0.1) is 5.56 Å². The third-order valence-corrected chi connectivity index (χ3v) is 4.63. The second-order valence-electron chi connectivity index (χ2n) is 6.98. The minimum absolute atomic E-state index is 0.114. The molecule has 2 amide bonds. The number of aryl methyl sites for hydroxylation is 2. The van der Waals surface area contributed by atoms with Crippen LogP contribution in [-0.4, -0.2) is 34.3 Å². The molecule has 27 heavy (non-hydrogen) atoms. The van der Waals surface area contributed by atoms with Crippen LogP contribution in [0.3, 0.4) is 0 Å². The lowest BCUT2D eigenvalue weighted by molar-refractivity contribution is -0.138. The van der Waals surface area contributed by atoms with E-state index in [1.807, 2.05) is 26.0 Å². The van der Waals surface area contributed by atoms with E-state index in [9.17, 15) is 9.59 Å². The molecule has 0 radical (unpaired) electrons. The Kier molecular flexibility index (Phi) is 5.03. The Morgan fingerprint density at radius 1 is 1.19 bits per heavy atom. The Morgan fingerprint density at radius 2 is 1.85 bits per heavy atom. The van der Waals surface area contributed by atoms with Gasteiger partial charge in [0.2, 0.25) is 0 Å². The molecule has 1 atom stereocenters. The quantitative estimate of drug-likeness (QED) is 0.854. The lowest BCUT2D eigenvalue weighted by Gasteiger charge is -2.31. The molecule has 0 fully saturated rings. The van der Waals surface area contributed by atoms with Gasteiger partial charge in [-0.3, -0.25) is 9.59 Å². The molecule has 142 valence electrons. The fourth-order valence-corrected chi connectivity index (χ4v) is 3.39. The Bertz CT molecular complexity index is 890. The topological polar surface area (TPSA) is 112 Å². The molecule has 1 aliphatic rings. The zero-order valence-corrected chi connectivity index (χ0v) is 15.8. The third-order valence-electron chi connectivity index (χ3n) is 4.63. The highest BCUT2D eigenvalue weighted by molar-refractivity contribution is 5.97. The minimum Gasteiger partial charge on any atom is -0.481 e. The van der Waals surface area contributed by atoms with Crippen LogP contribution >= 0.6 is 0 Å². The van der Waals surface area contributed by atoms with Gasteiger partial charge in [-0.15, -0.1) is 0 Å². The number of nitrogens with two attached hydrogens (primary N) is 2. The van der Waals surface area contributed by atoms with Crippen molar-refractivity contribution in [2.75, 3.05) is 12.3 Å². The number of ether oxygens (including phenoxy) is 1. The number of nitrogens with zero attached hydrogens (tertiary/aromatic N) is 2. The molecule has 0 saturated carbocycles. The molecular formula is C20H24N4O3. The second-order valence-corrected chi connectivity index (χ2v) is 6.98. The number of carbonyl (C=O) groups is 2. The highest BCUT2D eigenvalue weighted by atomic mass is 16.5. The summed E-state index contributed by atoms with van der Waals surface area (Å²) in [7, 11) is 0. The number of amides is 2. The summed E-state index contributed by atoms with van der Waals surface area (Å²) in [5, 5.41) is 0. The largest absolute Gasteiger partial charge is 0.481 e. The highest BCUT2D eigenvalue weighted by Crippen LogP contribution is 2.23. The summed E-state index contributed by atoms with van der Waals surface area (Å²) in [5.74, 6) is 0.0683. The molecule has 0 saturated heterocycles. The highest BCUT2D eigenvalue weighted by Gasteiger charge is 2.27. The van der Waals surface area contributed by atoms with Crippen molar-refractivity contribution in [2.24, 2.45) is 5.73 Å². The first-order valence-electron chi connectivity index (χ1n) is 8.86. The van der Waals surface area contributed by atoms with E-state index in [0.717, 1.165) is 22.4 Å². The van der Waals surface area contributed by atoms with Crippen molar-refractivity contribution >= 4 is 17.6 Å². The van der Waals surface area contributed by atoms with E-state index in [-0.39, 0.29) is 17.3 Å². The predicted molar refractivity (Wildman–Crippen MR) is 102 cm³/mol. The summed E-state index contributed by atoms with van der Waals surface area (Å²) in [6.45, 7) is 6.59. The number of pyridine rings is 1. The number of hydrogen-bond donors (Lipinski definition) is 2. The molecule has 1 aliphatic heterocycles. The van der Waals surface area contributed by atoms with E-state index in [0.29, 0.717) is 25.3 Å². The van der Waals surface area contributed by atoms with Crippen LogP contribution in [0, 0.1) is 13.8 Å². The summed E-state index contributed by atoms with van der Waals surface area (Å²) >= 11 is 0. The van der Waals surface area contributed by atoms with Gasteiger partial charge in [0.15, 0.2) is 6.10 Å². The molecule has 2 aromatic rings. The van der Waals surface area contributed by atoms with E-state index < -0.39 is 12.0 Å². The zero-order chi connectivity index (χ0) is 19.7. The van der Waals surface area contributed by atoms with E-state index in [1.54, 1.807) is 17.9 Å². The number of primary amides is 1. The molecule has 0 spiro atoms. The molecule has 4 N–H and O–H groups in total. The lowest BCUT2D eigenvalue weighted by Crippen LogP contribution is -2.43. The number of nitrogen functional groups attached to an aromatic ring is 1. The summed E-state index contributed by atoms with van der Waals surface area (Å²) < 4.78 is 5.86. The van der Waals surface area contributed by atoms with E-state index >= 15 is 0 Å². The van der Waals surface area contributed by atoms with Crippen LogP contribution in [0.1, 0.15) is 39.7 Å². The molecule has 2 heterocycles. The number of carbonyl (C=O) groups excluding carboxylic acids is 2. The molecule has 7 nitrogen and oxygen atoms in total. The standard InChI is InChI=1S/C20H24N4O3/c1-11-6-12(2)8-15(7-11)27-13(3)20(26)24-5-4-17-14(10-24)9-16(19(22)25)18(21)23-17/h6-9,13H,4-5,10H2,1-3H3,(H2,21,23)(H2,22,25). The van der Waals surface area contributed by atoms with Gasteiger partial charge in [0.25, 0.3) is 11.8 Å². The van der Waals surface area contributed by atoms with Crippen molar-refractivity contribution in [1.82, 2.24) is 9.88 Å². The molecule has 0 aliphatic carbocycles. The van der Waals surface area contributed by atoms with Crippen molar-refractivity contribution in [3.8, 4) is 5.75 Å². The number of benzene rings is 1. The number of anilines is 1. The smallest absolute Gasteiger partial charge is 0.263 e. The number of hydrogen-bond acceptors (Lipinski definition) is 5. The number of rotatable bonds is 4. The molecule has 3 rings (SSSR count). The SMILES string of the molecule is Cc1cc(C)cc(OC(C)C(=O)N2CCc3nc(N)c(C(N)=O)cc3C2)c1. The van der Waals surface area contributed by atoms with Gasteiger partial charge in [0.1, 0.15) is 11.6 Å². The molecule has 7 heteroatoms. The normalized spacial score (nSPS) is 14.4. The third kappa shape index (κ3) is 4.02. The Labute approximate surface area is 158 Å². The maximum absolute atomic E-state index is 12.8. The van der Waals surface area contributed by atoms with Gasteiger partial charge in [-0.2, -0.15) is 0 Å². The van der Waals surface area contributed by atoms with Crippen LogP contribution in [0.5, 0.6) is 5.75 Å². The summed E-state index contributed by atoms with van der Waals surface area (Å²) in [6.07, 6.45) is -0.0502. The predicted octanol–water partition coefficient (Wildman–Crippen LogP) is 1.73. The zero-order valence-electron chi connectivity index (χ0n) is 15.8. The Balaban J connectivity index is 1.74. The average Bonchev–Trinajstić information content (AvgIpc) is 2.59. The first-order valence-corrected chi connectivity index (χ1v) is 8.86. The first kappa shape index (κ1) is 18.7. The van der Waals surface area contributed by atoms with Gasteiger partial charge in [0, 0.05) is 25.2 Å². The lowest BCUT2D eigenvalue weighted by atomic mass is 10.0.